The number of methoxy groups -OCH3 is 1. The summed E-state index contributed by atoms with van der Waals surface area (Å²) in [4.78, 5) is 16.4. The molecule has 3 rings (SSSR count). The Morgan fingerprint density at radius 3 is 2.63 bits per heavy atom. The van der Waals surface area contributed by atoms with E-state index in [9.17, 15) is 9.90 Å². The van der Waals surface area contributed by atoms with Crippen molar-refractivity contribution < 1.29 is 14.6 Å². The maximum atomic E-state index is 12.4. The molecule has 140 valence electrons. The average molecular weight is 366 g/mol. The van der Waals surface area contributed by atoms with Crippen molar-refractivity contribution in [2.75, 3.05) is 12.4 Å². The number of aromatic nitrogens is 3. The van der Waals surface area contributed by atoms with Gasteiger partial charge < -0.3 is 15.2 Å². The van der Waals surface area contributed by atoms with Gasteiger partial charge in [-0.25, -0.2) is 9.67 Å². The van der Waals surface area contributed by atoms with Crippen LogP contribution < -0.4 is 10.1 Å². The lowest BCUT2D eigenvalue weighted by molar-refractivity contribution is 0.101. The van der Waals surface area contributed by atoms with Gasteiger partial charge in [-0.3, -0.25) is 4.79 Å². The van der Waals surface area contributed by atoms with Crippen LogP contribution in [0.5, 0.6) is 5.75 Å². The molecule has 1 atom stereocenters. The summed E-state index contributed by atoms with van der Waals surface area (Å²) in [6, 6.07) is 12.9. The summed E-state index contributed by atoms with van der Waals surface area (Å²) in [7, 11) is 1.59. The molecule has 0 aliphatic heterocycles. The molecule has 7 heteroatoms. The fourth-order valence-electron chi connectivity index (χ4n) is 2.73. The maximum absolute atomic E-state index is 12.4. The van der Waals surface area contributed by atoms with Crippen molar-refractivity contribution in [1.82, 2.24) is 14.8 Å². The van der Waals surface area contributed by atoms with Gasteiger partial charge in [-0.15, -0.1) is 5.10 Å². The van der Waals surface area contributed by atoms with E-state index in [1.807, 2.05) is 32.0 Å². The lowest BCUT2D eigenvalue weighted by atomic mass is 10.1. The van der Waals surface area contributed by atoms with E-state index in [0.717, 1.165) is 28.1 Å². The fraction of sp³-hybridized carbons (Fsp3) is 0.250. The number of amides is 1. The second kappa shape index (κ2) is 8.01. The van der Waals surface area contributed by atoms with Gasteiger partial charge in [0, 0.05) is 5.69 Å². The first-order valence-electron chi connectivity index (χ1n) is 8.56. The number of carbonyl (C=O) groups is 1. The average Bonchev–Trinajstić information content (AvgIpc) is 3.12. The minimum Gasteiger partial charge on any atom is -0.497 e. The molecule has 1 unspecified atom stereocenters. The monoisotopic (exact) mass is 366 g/mol. The molecule has 0 spiro atoms. The standard InChI is InChI=1S/C20H22N4O3/c1-13-4-9-17(14(2)10-13)22-20(26)19-21-12-24(23-19)11-18(25)15-5-7-16(27-3)8-6-15/h4-10,12,18,25H,11H2,1-3H3,(H,22,26). The van der Waals surface area contributed by atoms with Gasteiger partial charge in [-0.2, -0.15) is 0 Å². The molecule has 0 aliphatic carbocycles. The topological polar surface area (TPSA) is 89.3 Å². The highest BCUT2D eigenvalue weighted by molar-refractivity contribution is 6.01. The van der Waals surface area contributed by atoms with Gasteiger partial charge in [-0.05, 0) is 43.2 Å². The number of nitrogens with zero attached hydrogens (tertiary/aromatic N) is 3. The molecular formula is C20H22N4O3. The minimum atomic E-state index is -0.770. The zero-order valence-electron chi connectivity index (χ0n) is 15.5. The van der Waals surface area contributed by atoms with Crippen LogP contribution in [0, 0.1) is 13.8 Å². The summed E-state index contributed by atoms with van der Waals surface area (Å²) in [5, 5.41) is 17.3. The predicted molar refractivity (Wildman–Crippen MR) is 102 cm³/mol. The number of nitrogens with one attached hydrogen (secondary N) is 1. The minimum absolute atomic E-state index is 0.0527. The second-order valence-corrected chi connectivity index (χ2v) is 6.35. The molecule has 2 N–H and O–H groups in total. The third-order valence-corrected chi connectivity index (χ3v) is 4.23. The highest BCUT2D eigenvalue weighted by Crippen LogP contribution is 2.19. The highest BCUT2D eigenvalue weighted by Gasteiger charge is 2.15. The van der Waals surface area contributed by atoms with Crippen LogP contribution in [-0.2, 0) is 6.54 Å². The number of aliphatic hydroxyl groups is 1. The molecule has 1 amide bonds. The van der Waals surface area contributed by atoms with Crippen LogP contribution in [0.25, 0.3) is 0 Å². The van der Waals surface area contributed by atoms with Gasteiger partial charge in [0.25, 0.3) is 5.91 Å². The van der Waals surface area contributed by atoms with Crippen molar-refractivity contribution in [3.8, 4) is 5.75 Å². The van der Waals surface area contributed by atoms with Crippen LogP contribution in [0.4, 0.5) is 5.69 Å². The van der Waals surface area contributed by atoms with Gasteiger partial charge >= 0.3 is 0 Å². The van der Waals surface area contributed by atoms with Crippen molar-refractivity contribution in [3.63, 3.8) is 0 Å². The van der Waals surface area contributed by atoms with Crippen LogP contribution in [0.15, 0.2) is 48.8 Å². The number of carbonyl (C=O) groups excluding carboxylic acids is 1. The summed E-state index contributed by atoms with van der Waals surface area (Å²) < 4.78 is 6.56. The zero-order valence-corrected chi connectivity index (χ0v) is 15.5. The largest absolute Gasteiger partial charge is 0.497 e. The number of aryl methyl sites for hydroxylation is 2. The molecule has 7 nitrogen and oxygen atoms in total. The van der Waals surface area contributed by atoms with E-state index in [0.29, 0.717) is 0 Å². The summed E-state index contributed by atoms with van der Waals surface area (Å²) in [6.45, 7) is 4.12. The van der Waals surface area contributed by atoms with Gasteiger partial charge in [0.2, 0.25) is 5.82 Å². The summed E-state index contributed by atoms with van der Waals surface area (Å²) >= 11 is 0. The Hall–Kier alpha value is -3.19. The number of hydrogen-bond donors (Lipinski definition) is 2. The molecule has 1 heterocycles. The van der Waals surface area contributed by atoms with Crippen molar-refractivity contribution in [2.45, 2.75) is 26.5 Å². The Morgan fingerprint density at radius 1 is 1.22 bits per heavy atom. The molecule has 0 radical (unpaired) electrons. The van der Waals surface area contributed by atoms with E-state index in [2.05, 4.69) is 15.4 Å². The number of hydrogen-bond acceptors (Lipinski definition) is 5. The number of aliphatic hydroxyl groups excluding tert-OH is 1. The van der Waals surface area contributed by atoms with E-state index >= 15 is 0 Å². The van der Waals surface area contributed by atoms with Crippen LogP contribution >= 0.6 is 0 Å². The number of anilines is 1. The van der Waals surface area contributed by atoms with Gasteiger partial charge in [0.05, 0.1) is 19.8 Å². The van der Waals surface area contributed by atoms with Crippen LogP contribution in [0.2, 0.25) is 0 Å². The van der Waals surface area contributed by atoms with Crippen molar-refractivity contribution >= 4 is 11.6 Å². The van der Waals surface area contributed by atoms with E-state index < -0.39 is 6.10 Å². The van der Waals surface area contributed by atoms with Gasteiger partial charge in [-0.1, -0.05) is 29.8 Å². The summed E-state index contributed by atoms with van der Waals surface area (Å²) in [5.74, 6) is 0.383. The molecule has 27 heavy (non-hydrogen) atoms. The van der Waals surface area contributed by atoms with Crippen molar-refractivity contribution in [1.29, 1.82) is 0 Å². The van der Waals surface area contributed by atoms with Crippen LogP contribution in [-0.4, -0.2) is 32.9 Å². The lowest BCUT2D eigenvalue weighted by Crippen LogP contribution is -2.16. The predicted octanol–water partition coefficient (Wildman–Crippen LogP) is 2.89. The van der Waals surface area contributed by atoms with Gasteiger partial charge in [0.1, 0.15) is 12.1 Å². The number of rotatable bonds is 6. The first-order chi connectivity index (χ1) is 13.0. The molecule has 1 aromatic heterocycles. The Kier molecular flexibility index (Phi) is 5.52. The van der Waals surface area contributed by atoms with Crippen LogP contribution in [0.1, 0.15) is 33.4 Å². The Bertz CT molecular complexity index is 935. The lowest BCUT2D eigenvalue weighted by Gasteiger charge is -2.11. The smallest absolute Gasteiger partial charge is 0.295 e. The first-order valence-corrected chi connectivity index (χ1v) is 8.56. The normalized spacial score (nSPS) is 11.9. The summed E-state index contributed by atoms with van der Waals surface area (Å²) in [6.07, 6.45) is 0.664. The maximum Gasteiger partial charge on any atom is 0.295 e. The third-order valence-electron chi connectivity index (χ3n) is 4.23. The Morgan fingerprint density at radius 2 is 1.96 bits per heavy atom. The van der Waals surface area contributed by atoms with E-state index in [1.165, 1.54) is 11.0 Å². The molecule has 0 bridgehead atoms. The zero-order chi connectivity index (χ0) is 19.4. The van der Waals surface area contributed by atoms with Crippen molar-refractivity contribution in [2.24, 2.45) is 0 Å². The quantitative estimate of drug-likeness (QED) is 0.700. The SMILES string of the molecule is COc1ccc(C(O)Cn2cnc(C(=O)Nc3ccc(C)cc3C)n2)cc1. The molecule has 3 aromatic rings. The van der Waals surface area contributed by atoms with E-state index in [1.54, 1.807) is 31.4 Å². The van der Waals surface area contributed by atoms with Crippen molar-refractivity contribution in [3.05, 3.63) is 71.3 Å². The molecular weight excluding hydrogens is 344 g/mol. The van der Waals surface area contributed by atoms with Gasteiger partial charge in [0.15, 0.2) is 0 Å². The summed E-state index contributed by atoms with van der Waals surface area (Å²) in [5.41, 5.74) is 3.55. The first kappa shape index (κ1) is 18.6. The molecule has 0 aliphatic rings. The molecule has 0 saturated carbocycles. The number of benzene rings is 2. The highest BCUT2D eigenvalue weighted by atomic mass is 16.5. The third kappa shape index (κ3) is 4.51. The Labute approximate surface area is 157 Å². The van der Waals surface area contributed by atoms with E-state index in [-0.39, 0.29) is 18.3 Å². The molecule has 0 saturated heterocycles. The Balaban J connectivity index is 1.65. The molecule has 2 aromatic carbocycles. The number of ether oxygens (including phenoxy) is 1. The molecule has 0 fully saturated rings. The van der Waals surface area contributed by atoms with Crippen LogP contribution in [0.3, 0.4) is 0 Å². The fourth-order valence-corrected chi connectivity index (χ4v) is 2.73. The van der Waals surface area contributed by atoms with E-state index in [4.69, 9.17) is 4.74 Å². The second-order valence-electron chi connectivity index (χ2n) is 6.35.